The van der Waals surface area contributed by atoms with E-state index < -0.39 is 5.60 Å². The minimum absolute atomic E-state index is 0.262. The van der Waals surface area contributed by atoms with Gasteiger partial charge in [0.1, 0.15) is 0 Å². The third kappa shape index (κ3) is 2.78. The van der Waals surface area contributed by atoms with Crippen molar-refractivity contribution in [1.82, 2.24) is 0 Å². The number of ether oxygens (including phenoxy) is 1. The zero-order valence-corrected chi connectivity index (χ0v) is 11.5. The molecule has 0 aliphatic heterocycles. The van der Waals surface area contributed by atoms with Crippen LogP contribution in [0.2, 0.25) is 0 Å². The monoisotopic (exact) mass is 228 g/mol. The summed E-state index contributed by atoms with van der Waals surface area (Å²) in [4.78, 5) is 0. The maximum Gasteiger partial charge on any atom is 0.0930 e. The van der Waals surface area contributed by atoms with Crippen molar-refractivity contribution in [3.8, 4) is 0 Å². The highest BCUT2D eigenvalue weighted by molar-refractivity contribution is 4.92. The third-order valence-corrected chi connectivity index (χ3v) is 4.68. The van der Waals surface area contributed by atoms with Crippen LogP contribution in [0, 0.1) is 23.7 Å². The minimum Gasteiger partial charge on any atom is -0.387 e. The molecule has 0 saturated heterocycles. The Bertz CT molecular complexity index is 215. The smallest absolute Gasteiger partial charge is 0.0930 e. The number of hydrogen-bond donors (Lipinski definition) is 1. The summed E-state index contributed by atoms with van der Waals surface area (Å²) in [7, 11) is 1.68. The summed E-state index contributed by atoms with van der Waals surface area (Å²) in [6.07, 6.45) is 3.52. The average molecular weight is 228 g/mol. The molecule has 96 valence electrons. The van der Waals surface area contributed by atoms with Crippen LogP contribution in [-0.4, -0.2) is 24.4 Å². The zero-order valence-electron chi connectivity index (χ0n) is 11.5. The van der Waals surface area contributed by atoms with Crippen LogP contribution in [0.1, 0.15) is 47.0 Å². The van der Waals surface area contributed by atoms with E-state index in [-0.39, 0.29) is 5.92 Å². The molecule has 0 spiro atoms. The van der Waals surface area contributed by atoms with Gasteiger partial charge >= 0.3 is 0 Å². The van der Waals surface area contributed by atoms with Crippen LogP contribution in [0.25, 0.3) is 0 Å². The first-order chi connectivity index (χ1) is 7.41. The number of methoxy groups -OCH3 is 1. The SMILES string of the molecule is COCC(O)(C(C)C)C1CCC(C)C(C)C1. The highest BCUT2D eigenvalue weighted by atomic mass is 16.5. The van der Waals surface area contributed by atoms with Gasteiger partial charge in [-0.1, -0.05) is 34.1 Å². The lowest BCUT2D eigenvalue weighted by Gasteiger charge is -2.44. The maximum absolute atomic E-state index is 10.8. The van der Waals surface area contributed by atoms with E-state index in [1.807, 2.05) is 0 Å². The van der Waals surface area contributed by atoms with E-state index in [4.69, 9.17) is 4.74 Å². The Hall–Kier alpha value is -0.0800. The minimum atomic E-state index is -0.636. The van der Waals surface area contributed by atoms with Crippen molar-refractivity contribution in [2.24, 2.45) is 23.7 Å². The fourth-order valence-electron chi connectivity index (χ4n) is 2.99. The van der Waals surface area contributed by atoms with Gasteiger partial charge in [-0.25, -0.2) is 0 Å². The lowest BCUT2D eigenvalue weighted by molar-refractivity contribution is -0.122. The summed E-state index contributed by atoms with van der Waals surface area (Å²) in [5.41, 5.74) is -0.636. The van der Waals surface area contributed by atoms with Crippen molar-refractivity contribution in [3.05, 3.63) is 0 Å². The zero-order chi connectivity index (χ0) is 12.3. The van der Waals surface area contributed by atoms with E-state index in [1.54, 1.807) is 7.11 Å². The summed E-state index contributed by atoms with van der Waals surface area (Å²) in [5, 5.41) is 10.8. The average Bonchev–Trinajstić information content (AvgIpc) is 2.22. The van der Waals surface area contributed by atoms with Crippen LogP contribution in [-0.2, 0) is 4.74 Å². The number of rotatable bonds is 4. The molecule has 1 rings (SSSR count). The maximum atomic E-state index is 10.8. The standard InChI is InChI=1S/C14H28O2/c1-10(2)14(15,9-16-5)13-7-6-11(3)12(4)8-13/h10-13,15H,6-9H2,1-5H3. The molecule has 2 heteroatoms. The van der Waals surface area contributed by atoms with Gasteiger partial charge in [0.05, 0.1) is 12.2 Å². The van der Waals surface area contributed by atoms with Gasteiger partial charge < -0.3 is 9.84 Å². The second-order valence-electron chi connectivity index (χ2n) is 6.04. The van der Waals surface area contributed by atoms with Crippen molar-refractivity contribution in [2.45, 2.75) is 52.6 Å². The molecule has 0 aromatic carbocycles. The van der Waals surface area contributed by atoms with Gasteiger partial charge in [0.25, 0.3) is 0 Å². The van der Waals surface area contributed by atoms with Gasteiger partial charge in [0, 0.05) is 7.11 Å². The second kappa shape index (κ2) is 5.50. The second-order valence-corrected chi connectivity index (χ2v) is 6.04. The van der Waals surface area contributed by atoms with E-state index in [2.05, 4.69) is 27.7 Å². The Labute approximate surface area is 100 Å². The Balaban J connectivity index is 2.72. The molecule has 0 heterocycles. The van der Waals surface area contributed by atoms with Gasteiger partial charge in [-0.2, -0.15) is 0 Å². The fourth-order valence-corrected chi connectivity index (χ4v) is 2.99. The summed E-state index contributed by atoms with van der Waals surface area (Å²) in [5.74, 6) is 2.19. The Morgan fingerprint density at radius 2 is 1.88 bits per heavy atom. The van der Waals surface area contributed by atoms with Gasteiger partial charge in [0.15, 0.2) is 0 Å². The topological polar surface area (TPSA) is 29.5 Å². The predicted molar refractivity (Wildman–Crippen MR) is 67.3 cm³/mol. The molecule has 0 aromatic heterocycles. The van der Waals surface area contributed by atoms with Gasteiger partial charge in [-0.3, -0.25) is 0 Å². The van der Waals surface area contributed by atoms with Crippen LogP contribution in [0.3, 0.4) is 0 Å². The van der Waals surface area contributed by atoms with Gasteiger partial charge in [-0.05, 0) is 36.5 Å². The van der Waals surface area contributed by atoms with Crippen molar-refractivity contribution >= 4 is 0 Å². The summed E-state index contributed by atoms with van der Waals surface area (Å²) >= 11 is 0. The summed E-state index contributed by atoms with van der Waals surface area (Å²) in [6.45, 7) is 9.30. The largest absolute Gasteiger partial charge is 0.387 e. The van der Waals surface area contributed by atoms with E-state index in [9.17, 15) is 5.11 Å². The highest BCUT2D eigenvalue weighted by Gasteiger charge is 2.42. The first kappa shape index (κ1) is 14.0. The molecule has 4 atom stereocenters. The molecule has 2 nitrogen and oxygen atoms in total. The quantitative estimate of drug-likeness (QED) is 0.801. The molecular weight excluding hydrogens is 200 g/mol. The lowest BCUT2D eigenvalue weighted by Crippen LogP contribution is -2.49. The molecular formula is C14H28O2. The molecule has 1 saturated carbocycles. The van der Waals surface area contributed by atoms with Crippen molar-refractivity contribution in [1.29, 1.82) is 0 Å². The lowest BCUT2D eigenvalue weighted by atomic mass is 9.66. The van der Waals surface area contributed by atoms with E-state index >= 15 is 0 Å². The summed E-state index contributed by atoms with van der Waals surface area (Å²) < 4.78 is 5.23. The van der Waals surface area contributed by atoms with Crippen LogP contribution in [0.4, 0.5) is 0 Å². The third-order valence-electron chi connectivity index (χ3n) is 4.68. The molecule has 1 fully saturated rings. The van der Waals surface area contributed by atoms with E-state index in [0.717, 1.165) is 24.7 Å². The molecule has 1 aliphatic carbocycles. The molecule has 1 N–H and O–H groups in total. The van der Waals surface area contributed by atoms with Gasteiger partial charge in [-0.15, -0.1) is 0 Å². The molecule has 1 aliphatic rings. The molecule has 0 radical (unpaired) electrons. The molecule has 0 bridgehead atoms. The summed E-state index contributed by atoms with van der Waals surface area (Å²) in [6, 6.07) is 0. The number of aliphatic hydroxyl groups is 1. The Morgan fingerprint density at radius 3 is 2.31 bits per heavy atom. The number of hydrogen-bond acceptors (Lipinski definition) is 2. The molecule has 4 unspecified atom stereocenters. The molecule has 0 amide bonds. The van der Waals surface area contributed by atoms with Crippen LogP contribution < -0.4 is 0 Å². The Morgan fingerprint density at radius 1 is 1.25 bits per heavy atom. The first-order valence-electron chi connectivity index (χ1n) is 6.63. The first-order valence-corrected chi connectivity index (χ1v) is 6.63. The fraction of sp³-hybridized carbons (Fsp3) is 1.00. The molecule has 0 aromatic rings. The van der Waals surface area contributed by atoms with Crippen molar-refractivity contribution in [3.63, 3.8) is 0 Å². The van der Waals surface area contributed by atoms with Crippen LogP contribution >= 0.6 is 0 Å². The van der Waals surface area contributed by atoms with E-state index in [1.165, 1.54) is 6.42 Å². The van der Waals surface area contributed by atoms with Crippen molar-refractivity contribution in [2.75, 3.05) is 13.7 Å². The van der Waals surface area contributed by atoms with Crippen molar-refractivity contribution < 1.29 is 9.84 Å². The predicted octanol–water partition coefficient (Wildman–Crippen LogP) is 3.09. The normalized spacial score (nSPS) is 35.1. The highest BCUT2D eigenvalue weighted by Crippen LogP contribution is 2.41. The van der Waals surface area contributed by atoms with Crippen LogP contribution in [0.15, 0.2) is 0 Å². The van der Waals surface area contributed by atoms with Crippen LogP contribution in [0.5, 0.6) is 0 Å². The van der Waals surface area contributed by atoms with E-state index in [0.29, 0.717) is 12.5 Å². The van der Waals surface area contributed by atoms with Gasteiger partial charge in [0.2, 0.25) is 0 Å². The molecule has 16 heavy (non-hydrogen) atoms. The Kier molecular flexibility index (Phi) is 4.81.